The number of hydrogen-bond donors (Lipinski definition) is 0. The summed E-state index contributed by atoms with van der Waals surface area (Å²) >= 11 is 5.08. The molecule has 0 spiro atoms. The minimum absolute atomic E-state index is 0.230. The second-order valence-corrected chi connectivity index (χ2v) is 12.0. The molecule has 0 N–H and O–H groups in total. The van der Waals surface area contributed by atoms with E-state index < -0.39 is 10.0 Å². The average molecular weight is 595 g/mol. The number of para-hydroxylation sites is 1. The topological polar surface area (TPSA) is 57.5 Å². The molecular formula is C29H24BrNO4S2. The van der Waals surface area contributed by atoms with Gasteiger partial charge in [0.15, 0.2) is 0 Å². The van der Waals surface area contributed by atoms with Gasteiger partial charge in [-0.2, -0.15) is 0 Å². The molecule has 4 aromatic carbocycles. The molecule has 0 saturated carbocycles. The standard InChI is InChI=1S/C29H24BrNO4S2/c1-34-27-19-24(30)28(35-2)18-20(27)17-26-29(36-21-11-5-3-6-12-21)23-15-9-10-16-25(23)31(26)37(32,33)22-13-7-4-8-14-22/h3-16,18-19H,17H2,1-2H3. The number of fused-ring (bicyclic) bond motifs is 1. The first-order valence-electron chi connectivity index (χ1n) is 11.5. The smallest absolute Gasteiger partial charge is 0.268 e. The van der Waals surface area contributed by atoms with Crippen molar-refractivity contribution in [3.63, 3.8) is 0 Å². The van der Waals surface area contributed by atoms with Gasteiger partial charge >= 0.3 is 0 Å². The van der Waals surface area contributed by atoms with Crippen LogP contribution in [-0.4, -0.2) is 26.6 Å². The average Bonchev–Trinajstić information content (AvgIpc) is 3.23. The van der Waals surface area contributed by atoms with E-state index in [1.165, 1.54) is 3.97 Å². The van der Waals surface area contributed by atoms with E-state index >= 15 is 0 Å². The molecule has 5 nitrogen and oxygen atoms in total. The maximum absolute atomic E-state index is 14.1. The summed E-state index contributed by atoms with van der Waals surface area (Å²) in [6.45, 7) is 0. The van der Waals surface area contributed by atoms with Crippen molar-refractivity contribution in [3.8, 4) is 11.5 Å². The summed E-state index contributed by atoms with van der Waals surface area (Å²) in [5.74, 6) is 1.28. The van der Waals surface area contributed by atoms with E-state index in [1.54, 1.807) is 50.2 Å². The lowest BCUT2D eigenvalue weighted by Crippen LogP contribution is -2.16. The van der Waals surface area contributed by atoms with Crippen LogP contribution in [0.4, 0.5) is 0 Å². The second kappa shape index (κ2) is 10.7. The molecule has 1 aromatic heterocycles. The Kier molecular flexibility index (Phi) is 7.33. The van der Waals surface area contributed by atoms with E-state index in [0.29, 0.717) is 29.1 Å². The molecule has 5 aromatic rings. The van der Waals surface area contributed by atoms with E-state index in [0.717, 1.165) is 25.2 Å². The zero-order chi connectivity index (χ0) is 26.0. The van der Waals surface area contributed by atoms with Gasteiger partial charge in [-0.3, -0.25) is 0 Å². The first kappa shape index (κ1) is 25.4. The second-order valence-electron chi connectivity index (χ2n) is 8.27. The van der Waals surface area contributed by atoms with Gasteiger partial charge in [-0.1, -0.05) is 66.4 Å². The molecule has 8 heteroatoms. The molecule has 0 amide bonds. The minimum Gasteiger partial charge on any atom is -0.496 e. The fourth-order valence-corrected chi connectivity index (χ4v) is 7.53. The third kappa shape index (κ3) is 4.89. The summed E-state index contributed by atoms with van der Waals surface area (Å²) in [7, 11) is -0.703. The van der Waals surface area contributed by atoms with Crippen molar-refractivity contribution in [1.82, 2.24) is 3.97 Å². The summed E-state index contributed by atoms with van der Waals surface area (Å²) in [4.78, 5) is 2.13. The van der Waals surface area contributed by atoms with Crippen LogP contribution in [0.1, 0.15) is 11.3 Å². The molecule has 0 fully saturated rings. The molecule has 0 atom stereocenters. The van der Waals surface area contributed by atoms with Crippen LogP contribution >= 0.6 is 27.7 Å². The van der Waals surface area contributed by atoms with Gasteiger partial charge in [0.2, 0.25) is 0 Å². The Hall–Kier alpha value is -3.20. The van der Waals surface area contributed by atoms with Crippen molar-refractivity contribution in [1.29, 1.82) is 0 Å². The monoisotopic (exact) mass is 593 g/mol. The lowest BCUT2D eigenvalue weighted by atomic mass is 10.1. The molecule has 0 aliphatic heterocycles. The molecule has 5 rings (SSSR count). The number of aromatic nitrogens is 1. The Bertz CT molecular complexity index is 1670. The van der Waals surface area contributed by atoms with Gasteiger partial charge in [0.1, 0.15) is 11.5 Å². The van der Waals surface area contributed by atoms with Crippen molar-refractivity contribution >= 4 is 48.6 Å². The first-order valence-corrected chi connectivity index (χ1v) is 14.5. The van der Waals surface area contributed by atoms with Crippen molar-refractivity contribution in [3.05, 3.63) is 113 Å². The summed E-state index contributed by atoms with van der Waals surface area (Å²) < 4.78 is 41.8. The summed E-state index contributed by atoms with van der Waals surface area (Å²) in [5.41, 5.74) is 2.09. The fourth-order valence-electron chi connectivity index (χ4n) is 4.32. The van der Waals surface area contributed by atoms with Gasteiger partial charge < -0.3 is 9.47 Å². The van der Waals surface area contributed by atoms with Crippen LogP contribution in [0.5, 0.6) is 11.5 Å². The predicted molar refractivity (Wildman–Crippen MR) is 152 cm³/mol. The predicted octanol–water partition coefficient (Wildman–Crippen LogP) is 7.40. The number of ether oxygens (including phenoxy) is 2. The van der Waals surface area contributed by atoms with E-state index in [9.17, 15) is 8.42 Å². The van der Waals surface area contributed by atoms with E-state index in [2.05, 4.69) is 15.9 Å². The first-order chi connectivity index (χ1) is 17.9. The lowest BCUT2D eigenvalue weighted by molar-refractivity contribution is 0.397. The highest BCUT2D eigenvalue weighted by molar-refractivity contribution is 9.10. The molecular weight excluding hydrogens is 570 g/mol. The highest BCUT2D eigenvalue weighted by Gasteiger charge is 2.28. The number of benzene rings is 4. The van der Waals surface area contributed by atoms with Crippen LogP contribution < -0.4 is 9.47 Å². The zero-order valence-electron chi connectivity index (χ0n) is 20.2. The third-order valence-corrected chi connectivity index (χ3v) is 9.58. The minimum atomic E-state index is -3.91. The molecule has 0 aliphatic carbocycles. The van der Waals surface area contributed by atoms with Crippen LogP contribution in [0, 0.1) is 0 Å². The lowest BCUT2D eigenvalue weighted by Gasteiger charge is -2.16. The molecule has 0 saturated heterocycles. The van der Waals surface area contributed by atoms with Crippen LogP contribution in [0.15, 0.2) is 116 Å². The SMILES string of the molecule is COc1cc(Cc2c(Sc3ccccc3)c3ccccc3n2S(=O)(=O)c2ccccc2)c(OC)cc1Br. The van der Waals surface area contributed by atoms with E-state index in [-0.39, 0.29) is 4.90 Å². The quantitative estimate of drug-likeness (QED) is 0.187. The van der Waals surface area contributed by atoms with Crippen LogP contribution in [0.3, 0.4) is 0 Å². The Morgan fingerprint density at radius 3 is 2.11 bits per heavy atom. The molecule has 0 aliphatic rings. The van der Waals surface area contributed by atoms with E-state index in [1.807, 2.05) is 72.8 Å². The molecule has 0 unspecified atom stereocenters. The summed E-state index contributed by atoms with van der Waals surface area (Å²) in [6.07, 6.45) is 0.308. The maximum atomic E-state index is 14.1. The molecule has 37 heavy (non-hydrogen) atoms. The van der Waals surface area contributed by atoms with E-state index in [4.69, 9.17) is 9.47 Å². The Morgan fingerprint density at radius 1 is 0.811 bits per heavy atom. The van der Waals surface area contributed by atoms with Crippen molar-refractivity contribution in [2.45, 2.75) is 21.1 Å². The highest BCUT2D eigenvalue weighted by atomic mass is 79.9. The number of halogens is 1. The number of methoxy groups -OCH3 is 2. The molecule has 188 valence electrons. The summed E-state index contributed by atoms with van der Waals surface area (Å²) in [6, 6.07) is 29.9. The number of rotatable bonds is 8. The van der Waals surface area contributed by atoms with Crippen LogP contribution in [0.25, 0.3) is 10.9 Å². The maximum Gasteiger partial charge on any atom is 0.268 e. The number of hydrogen-bond acceptors (Lipinski definition) is 5. The van der Waals surface area contributed by atoms with Gasteiger partial charge in [0.25, 0.3) is 10.0 Å². The third-order valence-electron chi connectivity index (χ3n) is 6.03. The number of nitrogens with zero attached hydrogens (tertiary/aromatic N) is 1. The largest absolute Gasteiger partial charge is 0.496 e. The van der Waals surface area contributed by atoms with Crippen LogP contribution in [-0.2, 0) is 16.4 Å². The highest BCUT2D eigenvalue weighted by Crippen LogP contribution is 2.43. The fraction of sp³-hybridized carbons (Fsp3) is 0.103. The van der Waals surface area contributed by atoms with Gasteiger partial charge in [0.05, 0.1) is 34.8 Å². The molecule has 0 bridgehead atoms. The molecule has 0 radical (unpaired) electrons. The van der Waals surface area contributed by atoms with Crippen molar-refractivity contribution < 1.29 is 17.9 Å². The Balaban J connectivity index is 1.81. The van der Waals surface area contributed by atoms with Crippen molar-refractivity contribution in [2.75, 3.05) is 14.2 Å². The van der Waals surface area contributed by atoms with Gasteiger partial charge in [-0.25, -0.2) is 12.4 Å². The zero-order valence-corrected chi connectivity index (χ0v) is 23.4. The normalized spacial score (nSPS) is 11.5. The van der Waals surface area contributed by atoms with Crippen LogP contribution in [0.2, 0.25) is 0 Å². The Labute approximate surface area is 229 Å². The van der Waals surface area contributed by atoms with Gasteiger partial charge in [0, 0.05) is 27.2 Å². The van der Waals surface area contributed by atoms with Crippen molar-refractivity contribution in [2.24, 2.45) is 0 Å². The molecule has 1 heterocycles. The van der Waals surface area contributed by atoms with Gasteiger partial charge in [-0.15, -0.1) is 0 Å². The summed E-state index contributed by atoms with van der Waals surface area (Å²) in [5, 5.41) is 0.869. The van der Waals surface area contributed by atoms with Gasteiger partial charge in [-0.05, 0) is 58.4 Å². The Morgan fingerprint density at radius 2 is 1.43 bits per heavy atom.